The molecule has 0 aromatic heterocycles. The van der Waals surface area contributed by atoms with E-state index in [0.717, 1.165) is 31.6 Å². The predicted octanol–water partition coefficient (Wildman–Crippen LogP) is 1.97. The fourth-order valence-electron chi connectivity index (χ4n) is 2.15. The highest BCUT2D eigenvalue weighted by atomic mass is 32.1. The Hall–Kier alpha value is -1.62. The molecular weight excluding hydrogens is 246 g/mol. The van der Waals surface area contributed by atoms with Gasteiger partial charge in [0.2, 0.25) is 0 Å². The van der Waals surface area contributed by atoms with Crippen LogP contribution in [0.1, 0.15) is 29.6 Å². The monoisotopic (exact) mass is 263 g/mol. The Bertz CT molecular complexity index is 455. The maximum Gasteiger partial charge on any atom is 0.253 e. The Labute approximate surface area is 112 Å². The van der Waals surface area contributed by atoms with Gasteiger partial charge in [0, 0.05) is 24.3 Å². The van der Waals surface area contributed by atoms with Crippen LogP contribution in [0.3, 0.4) is 0 Å². The number of rotatable bonds is 2. The molecule has 1 heterocycles. The molecule has 0 bridgehead atoms. The van der Waals surface area contributed by atoms with Crippen molar-refractivity contribution in [3.05, 3.63) is 29.8 Å². The molecule has 2 rings (SSSR count). The van der Waals surface area contributed by atoms with Gasteiger partial charge in [0.25, 0.3) is 5.91 Å². The summed E-state index contributed by atoms with van der Waals surface area (Å²) in [6.07, 6.45) is 3.40. The third-order valence-corrected chi connectivity index (χ3v) is 3.12. The molecule has 1 fully saturated rings. The van der Waals surface area contributed by atoms with Crippen LogP contribution in [0.2, 0.25) is 0 Å². The average molecular weight is 263 g/mol. The molecule has 0 radical (unpaired) electrons. The van der Waals surface area contributed by atoms with Crippen molar-refractivity contribution in [2.45, 2.75) is 19.3 Å². The number of hydrogen-bond donors (Lipinski definition) is 2. The van der Waals surface area contributed by atoms with Crippen LogP contribution >= 0.6 is 12.2 Å². The van der Waals surface area contributed by atoms with Crippen LogP contribution in [0, 0.1) is 0 Å². The number of nitrogens with two attached hydrogens (primary N) is 1. The maximum absolute atomic E-state index is 12.3. The average Bonchev–Trinajstić information content (AvgIpc) is 2.38. The SMILES string of the molecule is NC(=S)Nc1cccc(C(=O)N2CCCCC2)c1. The van der Waals surface area contributed by atoms with Crippen LogP contribution in [0.25, 0.3) is 0 Å². The Kier molecular flexibility index (Phi) is 4.15. The number of amides is 1. The Balaban J connectivity index is 2.11. The molecule has 5 heteroatoms. The first-order valence-corrected chi connectivity index (χ1v) is 6.53. The van der Waals surface area contributed by atoms with Gasteiger partial charge in [-0.15, -0.1) is 0 Å². The summed E-state index contributed by atoms with van der Waals surface area (Å²) in [5, 5.41) is 3.05. The highest BCUT2D eigenvalue weighted by Gasteiger charge is 2.18. The van der Waals surface area contributed by atoms with Crippen molar-refractivity contribution in [1.82, 2.24) is 4.90 Å². The van der Waals surface area contributed by atoms with Gasteiger partial charge in [-0.1, -0.05) is 6.07 Å². The lowest BCUT2D eigenvalue weighted by molar-refractivity contribution is 0.0724. The predicted molar refractivity (Wildman–Crippen MR) is 76.6 cm³/mol. The van der Waals surface area contributed by atoms with E-state index in [1.807, 2.05) is 23.1 Å². The van der Waals surface area contributed by atoms with Gasteiger partial charge in [0.1, 0.15) is 0 Å². The summed E-state index contributed by atoms with van der Waals surface area (Å²) < 4.78 is 0. The van der Waals surface area contributed by atoms with Crippen molar-refractivity contribution in [2.24, 2.45) is 5.73 Å². The lowest BCUT2D eigenvalue weighted by atomic mass is 10.1. The zero-order chi connectivity index (χ0) is 13.0. The quantitative estimate of drug-likeness (QED) is 0.801. The number of piperidine rings is 1. The molecule has 0 saturated carbocycles. The summed E-state index contributed by atoms with van der Waals surface area (Å²) in [4.78, 5) is 14.2. The van der Waals surface area contributed by atoms with Crippen LogP contribution in [0.5, 0.6) is 0 Å². The number of carbonyl (C=O) groups is 1. The Morgan fingerprint density at radius 2 is 2.00 bits per heavy atom. The molecule has 0 aliphatic carbocycles. The number of thiocarbonyl (C=S) groups is 1. The molecule has 1 amide bonds. The fourth-order valence-corrected chi connectivity index (χ4v) is 2.27. The molecule has 1 aromatic rings. The summed E-state index contributed by atoms with van der Waals surface area (Å²) in [6.45, 7) is 1.71. The van der Waals surface area contributed by atoms with Gasteiger partial charge in [-0.2, -0.15) is 0 Å². The maximum atomic E-state index is 12.3. The third kappa shape index (κ3) is 3.20. The van der Waals surface area contributed by atoms with E-state index in [-0.39, 0.29) is 11.0 Å². The molecule has 0 spiro atoms. The second-order valence-electron chi connectivity index (χ2n) is 4.42. The minimum absolute atomic E-state index is 0.0845. The Morgan fingerprint density at radius 3 is 2.67 bits per heavy atom. The van der Waals surface area contributed by atoms with Crippen molar-refractivity contribution in [3.8, 4) is 0 Å². The first kappa shape index (κ1) is 12.8. The molecule has 1 aliphatic rings. The molecule has 0 atom stereocenters. The third-order valence-electron chi connectivity index (χ3n) is 3.02. The fraction of sp³-hybridized carbons (Fsp3) is 0.385. The molecule has 1 saturated heterocycles. The van der Waals surface area contributed by atoms with Gasteiger partial charge >= 0.3 is 0 Å². The van der Waals surface area contributed by atoms with Crippen LogP contribution < -0.4 is 11.1 Å². The number of likely N-dealkylation sites (tertiary alicyclic amines) is 1. The molecule has 18 heavy (non-hydrogen) atoms. The van der Waals surface area contributed by atoms with Crippen LogP contribution in [0.15, 0.2) is 24.3 Å². The van der Waals surface area contributed by atoms with E-state index in [1.165, 1.54) is 6.42 Å². The smallest absolute Gasteiger partial charge is 0.253 e. The molecule has 4 nitrogen and oxygen atoms in total. The molecule has 3 N–H and O–H groups in total. The van der Waals surface area contributed by atoms with Crippen molar-refractivity contribution < 1.29 is 4.79 Å². The van der Waals surface area contributed by atoms with Crippen molar-refractivity contribution in [2.75, 3.05) is 18.4 Å². The minimum atomic E-state index is 0.0845. The summed E-state index contributed by atoms with van der Waals surface area (Å²) in [6, 6.07) is 7.28. The van der Waals surface area contributed by atoms with E-state index in [0.29, 0.717) is 5.56 Å². The van der Waals surface area contributed by atoms with E-state index in [1.54, 1.807) is 6.07 Å². The standard InChI is InChI=1S/C13H17N3OS/c14-13(18)15-11-6-4-5-10(9-11)12(17)16-7-2-1-3-8-16/h4-6,9H,1-3,7-8H2,(H3,14,15,18). The second-order valence-corrected chi connectivity index (χ2v) is 4.86. The topological polar surface area (TPSA) is 58.4 Å². The van der Waals surface area contributed by atoms with Crippen LogP contribution in [0.4, 0.5) is 5.69 Å². The first-order valence-electron chi connectivity index (χ1n) is 6.12. The van der Waals surface area contributed by atoms with E-state index >= 15 is 0 Å². The Morgan fingerprint density at radius 1 is 1.28 bits per heavy atom. The minimum Gasteiger partial charge on any atom is -0.376 e. The largest absolute Gasteiger partial charge is 0.376 e. The molecule has 96 valence electrons. The van der Waals surface area contributed by atoms with Gasteiger partial charge in [-0.25, -0.2) is 0 Å². The number of carbonyl (C=O) groups excluding carboxylic acids is 1. The number of nitrogens with zero attached hydrogens (tertiary/aromatic N) is 1. The summed E-state index contributed by atoms with van der Waals surface area (Å²) >= 11 is 4.78. The van der Waals surface area contributed by atoms with E-state index in [2.05, 4.69) is 5.32 Å². The highest BCUT2D eigenvalue weighted by molar-refractivity contribution is 7.80. The zero-order valence-electron chi connectivity index (χ0n) is 10.2. The zero-order valence-corrected chi connectivity index (χ0v) is 11.0. The van der Waals surface area contributed by atoms with Gasteiger partial charge in [-0.3, -0.25) is 4.79 Å². The van der Waals surface area contributed by atoms with E-state index < -0.39 is 0 Å². The summed E-state index contributed by atoms with van der Waals surface area (Å²) in [5.74, 6) is 0.0845. The molecular formula is C13H17N3OS. The van der Waals surface area contributed by atoms with E-state index in [4.69, 9.17) is 18.0 Å². The summed E-state index contributed by atoms with van der Waals surface area (Å²) in [5.41, 5.74) is 6.85. The molecule has 1 aliphatic heterocycles. The van der Waals surface area contributed by atoms with E-state index in [9.17, 15) is 4.79 Å². The lowest BCUT2D eigenvalue weighted by Gasteiger charge is -2.26. The van der Waals surface area contributed by atoms with Crippen molar-refractivity contribution in [1.29, 1.82) is 0 Å². The number of nitrogens with one attached hydrogen (secondary N) is 1. The number of benzene rings is 1. The lowest BCUT2D eigenvalue weighted by Crippen LogP contribution is -2.35. The van der Waals surface area contributed by atoms with Gasteiger partial charge in [0.15, 0.2) is 5.11 Å². The summed E-state index contributed by atoms with van der Waals surface area (Å²) in [7, 11) is 0. The molecule has 1 aromatic carbocycles. The van der Waals surface area contributed by atoms with Crippen LogP contribution in [-0.4, -0.2) is 29.0 Å². The molecule has 0 unspecified atom stereocenters. The number of anilines is 1. The van der Waals surface area contributed by atoms with Crippen molar-refractivity contribution in [3.63, 3.8) is 0 Å². The van der Waals surface area contributed by atoms with Gasteiger partial charge in [-0.05, 0) is 49.7 Å². The highest BCUT2D eigenvalue weighted by Crippen LogP contribution is 2.16. The first-order chi connectivity index (χ1) is 8.66. The van der Waals surface area contributed by atoms with Gasteiger partial charge in [0.05, 0.1) is 0 Å². The second kappa shape index (κ2) is 5.82. The normalized spacial score (nSPS) is 15.2. The van der Waals surface area contributed by atoms with Crippen LogP contribution in [-0.2, 0) is 0 Å². The van der Waals surface area contributed by atoms with Crippen molar-refractivity contribution >= 4 is 28.9 Å². The van der Waals surface area contributed by atoms with Gasteiger partial charge < -0.3 is 16.0 Å². The number of hydrogen-bond acceptors (Lipinski definition) is 2.